The first-order chi connectivity index (χ1) is 10.2. The van der Waals surface area contributed by atoms with Crippen molar-refractivity contribution in [3.63, 3.8) is 0 Å². The Labute approximate surface area is 119 Å². The highest BCUT2D eigenvalue weighted by molar-refractivity contribution is 5.86. The predicted molar refractivity (Wildman–Crippen MR) is 74.5 cm³/mol. The molecule has 0 amide bonds. The van der Waals surface area contributed by atoms with Crippen LogP contribution in [0.5, 0.6) is 0 Å². The number of aliphatic carboxylic acids is 1. The van der Waals surface area contributed by atoms with Gasteiger partial charge in [-0.25, -0.2) is 4.39 Å². The number of halogens is 1. The van der Waals surface area contributed by atoms with E-state index < -0.39 is 17.7 Å². The van der Waals surface area contributed by atoms with Crippen LogP contribution in [-0.4, -0.2) is 16.1 Å². The molecule has 1 atom stereocenters. The Kier molecular flexibility index (Phi) is 3.39. The molecule has 3 aromatic rings. The number of hydrogen-bond donors (Lipinski definition) is 1. The summed E-state index contributed by atoms with van der Waals surface area (Å²) in [6, 6.07) is 9.50. The molecule has 1 N–H and O–H groups in total. The molecule has 3 rings (SSSR count). The molecule has 2 heterocycles. The molecule has 2 aromatic heterocycles. The number of rotatable bonds is 4. The Balaban J connectivity index is 2.05. The van der Waals surface area contributed by atoms with Gasteiger partial charge in [-0.1, -0.05) is 18.2 Å². The highest BCUT2D eigenvalue weighted by Crippen LogP contribution is 2.28. The second-order valence-electron chi connectivity index (χ2n) is 4.71. The van der Waals surface area contributed by atoms with Gasteiger partial charge in [-0.15, -0.1) is 0 Å². The fourth-order valence-corrected chi connectivity index (χ4v) is 2.38. The number of aromatic nitrogens is 1. The SMILES string of the molecule is O=C(O)C(Cc1ccccc1F)c1nccc2occc12. The predicted octanol–water partition coefficient (Wildman–Crippen LogP) is 3.38. The second-order valence-corrected chi connectivity index (χ2v) is 4.71. The van der Waals surface area contributed by atoms with E-state index in [1.54, 1.807) is 30.3 Å². The minimum atomic E-state index is -1.04. The Morgan fingerprint density at radius 3 is 2.86 bits per heavy atom. The maximum absolute atomic E-state index is 13.8. The van der Waals surface area contributed by atoms with E-state index >= 15 is 0 Å². The van der Waals surface area contributed by atoms with Gasteiger partial charge < -0.3 is 9.52 Å². The van der Waals surface area contributed by atoms with Gasteiger partial charge in [0, 0.05) is 11.6 Å². The Bertz CT molecular complexity index is 797. The number of nitrogens with zero attached hydrogens (tertiary/aromatic N) is 1. The molecule has 106 valence electrons. The molecule has 4 nitrogen and oxygen atoms in total. The van der Waals surface area contributed by atoms with Crippen LogP contribution < -0.4 is 0 Å². The van der Waals surface area contributed by atoms with Gasteiger partial charge in [0.15, 0.2) is 0 Å². The van der Waals surface area contributed by atoms with Crippen LogP contribution in [-0.2, 0) is 11.2 Å². The first-order valence-electron chi connectivity index (χ1n) is 6.45. The number of pyridine rings is 1. The summed E-state index contributed by atoms with van der Waals surface area (Å²) >= 11 is 0. The van der Waals surface area contributed by atoms with Crippen LogP contribution in [0.3, 0.4) is 0 Å². The quantitative estimate of drug-likeness (QED) is 0.798. The molecule has 0 bridgehead atoms. The standard InChI is InChI=1S/C16H12FNO3/c17-13-4-2-1-3-10(13)9-12(16(19)20)15-11-6-8-21-14(11)5-7-18-15/h1-8,12H,9H2,(H,19,20). The number of furan rings is 1. The maximum atomic E-state index is 13.8. The molecular weight excluding hydrogens is 273 g/mol. The minimum Gasteiger partial charge on any atom is -0.481 e. The van der Waals surface area contributed by atoms with Crippen molar-refractivity contribution in [2.75, 3.05) is 0 Å². The van der Waals surface area contributed by atoms with Crippen molar-refractivity contribution in [2.24, 2.45) is 0 Å². The molecule has 1 aromatic carbocycles. The Morgan fingerprint density at radius 2 is 2.10 bits per heavy atom. The van der Waals surface area contributed by atoms with Crippen LogP contribution in [0, 0.1) is 5.82 Å². The third-order valence-electron chi connectivity index (χ3n) is 3.42. The fourth-order valence-electron chi connectivity index (χ4n) is 2.38. The number of hydrogen-bond acceptors (Lipinski definition) is 3. The van der Waals surface area contributed by atoms with Crippen molar-refractivity contribution in [3.05, 3.63) is 65.9 Å². The van der Waals surface area contributed by atoms with Gasteiger partial charge in [-0.3, -0.25) is 9.78 Å². The number of benzene rings is 1. The highest BCUT2D eigenvalue weighted by Gasteiger charge is 2.25. The van der Waals surface area contributed by atoms with E-state index in [-0.39, 0.29) is 6.42 Å². The zero-order valence-electron chi connectivity index (χ0n) is 11.0. The summed E-state index contributed by atoms with van der Waals surface area (Å²) in [4.78, 5) is 15.8. The van der Waals surface area contributed by atoms with Crippen molar-refractivity contribution >= 4 is 16.9 Å². The maximum Gasteiger partial charge on any atom is 0.312 e. The van der Waals surface area contributed by atoms with Crippen molar-refractivity contribution in [3.8, 4) is 0 Å². The van der Waals surface area contributed by atoms with Crippen molar-refractivity contribution in [1.29, 1.82) is 0 Å². The lowest BCUT2D eigenvalue weighted by Crippen LogP contribution is -2.16. The molecular formula is C16H12FNO3. The summed E-state index contributed by atoms with van der Waals surface area (Å²) in [5, 5.41) is 10.1. The van der Waals surface area contributed by atoms with Gasteiger partial charge in [0.1, 0.15) is 17.3 Å². The van der Waals surface area contributed by atoms with Crippen LogP contribution in [0.2, 0.25) is 0 Å². The van der Waals surface area contributed by atoms with Crippen LogP contribution in [0.25, 0.3) is 11.0 Å². The first kappa shape index (κ1) is 13.3. The van der Waals surface area contributed by atoms with E-state index in [1.807, 2.05) is 0 Å². The second kappa shape index (κ2) is 5.36. The molecule has 21 heavy (non-hydrogen) atoms. The molecule has 5 heteroatoms. The normalized spacial score (nSPS) is 12.4. The highest BCUT2D eigenvalue weighted by atomic mass is 19.1. The van der Waals surface area contributed by atoms with Crippen LogP contribution in [0.15, 0.2) is 53.3 Å². The molecule has 0 saturated heterocycles. The lowest BCUT2D eigenvalue weighted by molar-refractivity contribution is -0.138. The molecule has 0 aliphatic heterocycles. The summed E-state index contributed by atoms with van der Waals surface area (Å²) in [6.45, 7) is 0. The summed E-state index contributed by atoms with van der Waals surface area (Å²) in [7, 11) is 0. The van der Waals surface area contributed by atoms with E-state index in [1.165, 1.54) is 18.5 Å². The summed E-state index contributed by atoms with van der Waals surface area (Å²) < 4.78 is 19.0. The van der Waals surface area contributed by atoms with Gasteiger partial charge in [0.2, 0.25) is 0 Å². The van der Waals surface area contributed by atoms with Gasteiger partial charge in [0.25, 0.3) is 0 Å². The average Bonchev–Trinajstić information content (AvgIpc) is 2.94. The van der Waals surface area contributed by atoms with Crippen LogP contribution >= 0.6 is 0 Å². The molecule has 0 spiro atoms. The molecule has 1 unspecified atom stereocenters. The van der Waals surface area contributed by atoms with Gasteiger partial charge in [-0.2, -0.15) is 0 Å². The topological polar surface area (TPSA) is 63.3 Å². The van der Waals surface area contributed by atoms with Crippen LogP contribution in [0.1, 0.15) is 17.2 Å². The molecule has 0 aliphatic carbocycles. The van der Waals surface area contributed by atoms with Gasteiger partial charge >= 0.3 is 5.97 Å². The third-order valence-corrected chi connectivity index (χ3v) is 3.42. The van der Waals surface area contributed by atoms with E-state index in [0.717, 1.165) is 0 Å². The third kappa shape index (κ3) is 2.50. The van der Waals surface area contributed by atoms with E-state index in [2.05, 4.69) is 4.98 Å². The van der Waals surface area contributed by atoms with E-state index in [9.17, 15) is 14.3 Å². The lowest BCUT2D eigenvalue weighted by atomic mass is 9.94. The van der Waals surface area contributed by atoms with E-state index in [0.29, 0.717) is 22.2 Å². The summed E-state index contributed by atoms with van der Waals surface area (Å²) in [6.07, 6.45) is 3.02. The van der Waals surface area contributed by atoms with Gasteiger partial charge in [-0.05, 0) is 30.2 Å². The summed E-state index contributed by atoms with van der Waals surface area (Å²) in [5.74, 6) is -2.38. The Hall–Kier alpha value is -2.69. The number of carboxylic acid groups (broad SMARTS) is 1. The molecule has 0 aliphatic rings. The van der Waals surface area contributed by atoms with Crippen molar-refractivity contribution in [2.45, 2.75) is 12.3 Å². The van der Waals surface area contributed by atoms with E-state index in [4.69, 9.17) is 4.42 Å². The zero-order valence-corrected chi connectivity index (χ0v) is 11.0. The minimum absolute atomic E-state index is 0.0410. The number of carbonyl (C=O) groups is 1. The largest absolute Gasteiger partial charge is 0.481 e. The lowest BCUT2D eigenvalue weighted by Gasteiger charge is -2.13. The zero-order chi connectivity index (χ0) is 14.8. The first-order valence-corrected chi connectivity index (χ1v) is 6.45. The monoisotopic (exact) mass is 285 g/mol. The number of carboxylic acids is 1. The van der Waals surface area contributed by atoms with Crippen LogP contribution in [0.4, 0.5) is 4.39 Å². The molecule has 0 radical (unpaired) electrons. The number of fused-ring (bicyclic) bond motifs is 1. The molecule has 0 saturated carbocycles. The molecule has 0 fully saturated rings. The fraction of sp³-hybridized carbons (Fsp3) is 0.125. The summed E-state index contributed by atoms with van der Waals surface area (Å²) in [5.41, 5.74) is 1.31. The Morgan fingerprint density at radius 1 is 1.29 bits per heavy atom. The van der Waals surface area contributed by atoms with Gasteiger partial charge in [0.05, 0.1) is 12.0 Å². The van der Waals surface area contributed by atoms with Crippen molar-refractivity contribution < 1.29 is 18.7 Å². The average molecular weight is 285 g/mol. The smallest absolute Gasteiger partial charge is 0.312 e. The van der Waals surface area contributed by atoms with Crippen molar-refractivity contribution in [1.82, 2.24) is 4.98 Å².